The molecule has 0 aliphatic heterocycles. The lowest BCUT2D eigenvalue weighted by atomic mass is 10.2. The van der Waals surface area contributed by atoms with E-state index >= 15 is 0 Å². The molecule has 1 amide bonds. The smallest absolute Gasteiger partial charge is 0.431 e. The van der Waals surface area contributed by atoms with E-state index in [2.05, 4.69) is 10.3 Å². The Morgan fingerprint density at radius 3 is 2.46 bits per heavy atom. The molecule has 0 fully saturated rings. The van der Waals surface area contributed by atoms with Crippen molar-refractivity contribution in [3.63, 3.8) is 0 Å². The first-order valence-corrected chi connectivity index (χ1v) is 4.14. The molecule has 0 aromatic heterocycles. The van der Waals surface area contributed by atoms with Crippen LogP contribution in [0.15, 0.2) is 0 Å². The van der Waals surface area contributed by atoms with E-state index in [0.717, 1.165) is 0 Å². The summed E-state index contributed by atoms with van der Waals surface area (Å²) < 4.78 is 9.71. The number of hydrogen-bond donors (Lipinski definition) is 1. The van der Waals surface area contributed by atoms with Crippen LogP contribution in [0.2, 0.25) is 0 Å². The third-order valence-corrected chi connectivity index (χ3v) is 0.901. The van der Waals surface area contributed by atoms with Crippen LogP contribution in [0.3, 0.4) is 0 Å². The summed E-state index contributed by atoms with van der Waals surface area (Å²) in [5.74, 6) is 0. The number of ether oxygens (including phenoxy) is 2. The summed E-state index contributed by atoms with van der Waals surface area (Å²) in [7, 11) is 0. The molecule has 0 rings (SSSR count). The van der Waals surface area contributed by atoms with Crippen molar-refractivity contribution in [1.29, 1.82) is 0 Å². The maximum absolute atomic E-state index is 10.9. The third kappa shape index (κ3) is 9.10. The largest absolute Gasteiger partial charge is 0.442 e. The van der Waals surface area contributed by atoms with Crippen molar-refractivity contribution < 1.29 is 19.1 Å². The molecule has 0 bridgehead atoms. The van der Waals surface area contributed by atoms with Crippen molar-refractivity contribution in [1.82, 2.24) is 5.48 Å². The lowest BCUT2D eigenvalue weighted by Crippen LogP contribution is -2.33. The molecule has 0 aromatic rings. The number of carbonyl (C=O) groups is 1. The van der Waals surface area contributed by atoms with Crippen LogP contribution >= 0.6 is 0 Å². The molecule has 0 aliphatic rings. The fourth-order valence-electron chi connectivity index (χ4n) is 0.512. The van der Waals surface area contributed by atoms with Crippen LogP contribution in [0.4, 0.5) is 4.79 Å². The summed E-state index contributed by atoms with van der Waals surface area (Å²) in [6.07, 6.45) is -0.618. The van der Waals surface area contributed by atoms with E-state index in [1.807, 2.05) is 6.92 Å². The van der Waals surface area contributed by atoms with Crippen LogP contribution in [0.5, 0.6) is 0 Å². The first-order valence-electron chi connectivity index (χ1n) is 4.14. The zero-order chi connectivity index (χ0) is 10.3. The van der Waals surface area contributed by atoms with Gasteiger partial charge in [-0.2, -0.15) is 5.48 Å². The second-order valence-corrected chi connectivity index (χ2v) is 3.36. The molecule has 0 heterocycles. The highest BCUT2D eigenvalue weighted by atomic mass is 16.8. The van der Waals surface area contributed by atoms with Gasteiger partial charge in [0.05, 0.1) is 0 Å². The SMILES string of the molecule is CCOCONC(=O)OC(C)(C)C. The fourth-order valence-corrected chi connectivity index (χ4v) is 0.512. The van der Waals surface area contributed by atoms with Gasteiger partial charge in [0, 0.05) is 6.61 Å². The van der Waals surface area contributed by atoms with Gasteiger partial charge in [0.2, 0.25) is 0 Å². The third-order valence-electron chi connectivity index (χ3n) is 0.901. The molecule has 13 heavy (non-hydrogen) atoms. The van der Waals surface area contributed by atoms with Crippen molar-refractivity contribution >= 4 is 6.09 Å². The van der Waals surface area contributed by atoms with E-state index < -0.39 is 11.7 Å². The first kappa shape index (κ1) is 12.2. The predicted octanol–water partition coefficient (Wildman–Crippen LogP) is 1.44. The average Bonchev–Trinajstić information content (AvgIpc) is 1.94. The van der Waals surface area contributed by atoms with Crippen molar-refractivity contribution in [2.45, 2.75) is 33.3 Å². The van der Waals surface area contributed by atoms with Gasteiger partial charge in [-0.15, -0.1) is 0 Å². The van der Waals surface area contributed by atoms with Gasteiger partial charge in [-0.05, 0) is 27.7 Å². The Bertz CT molecular complexity index is 153. The fraction of sp³-hybridized carbons (Fsp3) is 0.875. The molecule has 78 valence electrons. The van der Waals surface area contributed by atoms with E-state index in [9.17, 15) is 4.79 Å². The molecular formula is C8H17NO4. The molecule has 5 nitrogen and oxygen atoms in total. The van der Waals surface area contributed by atoms with Crippen LogP contribution in [-0.4, -0.2) is 25.1 Å². The highest BCUT2D eigenvalue weighted by Crippen LogP contribution is 2.06. The predicted molar refractivity (Wildman–Crippen MR) is 46.9 cm³/mol. The Morgan fingerprint density at radius 1 is 1.38 bits per heavy atom. The number of hydrogen-bond acceptors (Lipinski definition) is 4. The molecule has 0 radical (unpaired) electrons. The van der Waals surface area contributed by atoms with Gasteiger partial charge in [-0.1, -0.05) is 0 Å². The number of amides is 1. The highest BCUT2D eigenvalue weighted by molar-refractivity contribution is 5.66. The van der Waals surface area contributed by atoms with E-state index in [4.69, 9.17) is 9.47 Å². The molecule has 1 N–H and O–H groups in total. The summed E-state index contributed by atoms with van der Waals surface area (Å²) in [5.41, 5.74) is 1.57. The summed E-state index contributed by atoms with van der Waals surface area (Å²) >= 11 is 0. The minimum atomic E-state index is -0.618. The minimum Gasteiger partial charge on any atom is -0.442 e. The van der Waals surface area contributed by atoms with E-state index in [-0.39, 0.29) is 6.79 Å². The standard InChI is InChI=1S/C8H17NO4/c1-5-11-6-12-9-7(10)13-8(2,3)4/h5-6H2,1-4H3,(H,9,10). The van der Waals surface area contributed by atoms with Gasteiger partial charge >= 0.3 is 6.09 Å². The molecule has 0 saturated heterocycles. The average molecular weight is 191 g/mol. The molecular weight excluding hydrogens is 174 g/mol. The van der Waals surface area contributed by atoms with Gasteiger partial charge in [0.25, 0.3) is 0 Å². The van der Waals surface area contributed by atoms with Gasteiger partial charge in [0.1, 0.15) is 5.60 Å². The van der Waals surface area contributed by atoms with Crippen LogP contribution in [0, 0.1) is 0 Å². The van der Waals surface area contributed by atoms with Crippen molar-refractivity contribution in [3.8, 4) is 0 Å². The van der Waals surface area contributed by atoms with Crippen LogP contribution in [0.25, 0.3) is 0 Å². The van der Waals surface area contributed by atoms with Crippen molar-refractivity contribution in [3.05, 3.63) is 0 Å². The number of nitrogens with one attached hydrogen (secondary N) is 1. The number of carbonyl (C=O) groups excluding carboxylic acids is 1. The van der Waals surface area contributed by atoms with Gasteiger partial charge < -0.3 is 9.47 Å². The Morgan fingerprint density at radius 2 is 2.00 bits per heavy atom. The maximum atomic E-state index is 10.9. The molecule has 0 unspecified atom stereocenters. The molecule has 0 spiro atoms. The molecule has 0 atom stereocenters. The molecule has 0 aliphatic carbocycles. The maximum Gasteiger partial charge on any atom is 0.431 e. The lowest BCUT2D eigenvalue weighted by molar-refractivity contribution is -0.0962. The van der Waals surface area contributed by atoms with E-state index in [1.165, 1.54) is 0 Å². The Balaban J connectivity index is 3.41. The second kappa shape index (κ2) is 5.77. The topological polar surface area (TPSA) is 56.8 Å². The minimum absolute atomic E-state index is 0.0236. The summed E-state index contributed by atoms with van der Waals surface area (Å²) in [6.45, 7) is 7.71. The van der Waals surface area contributed by atoms with Crippen molar-refractivity contribution in [2.24, 2.45) is 0 Å². The van der Waals surface area contributed by atoms with Crippen LogP contribution < -0.4 is 5.48 Å². The Kier molecular flexibility index (Phi) is 5.41. The number of rotatable bonds is 4. The van der Waals surface area contributed by atoms with E-state index in [0.29, 0.717) is 6.61 Å². The van der Waals surface area contributed by atoms with Crippen LogP contribution in [-0.2, 0) is 14.3 Å². The zero-order valence-electron chi connectivity index (χ0n) is 8.55. The lowest BCUT2D eigenvalue weighted by Gasteiger charge is -2.19. The summed E-state index contributed by atoms with van der Waals surface area (Å²) in [5, 5.41) is 0. The normalized spacial score (nSPS) is 11.1. The zero-order valence-corrected chi connectivity index (χ0v) is 8.55. The van der Waals surface area contributed by atoms with Crippen LogP contribution in [0.1, 0.15) is 27.7 Å². The molecule has 5 heteroatoms. The monoisotopic (exact) mass is 191 g/mol. The molecule has 0 saturated carbocycles. The van der Waals surface area contributed by atoms with E-state index in [1.54, 1.807) is 20.8 Å². The Labute approximate surface area is 78.3 Å². The van der Waals surface area contributed by atoms with Crippen molar-refractivity contribution in [2.75, 3.05) is 13.4 Å². The summed E-state index contributed by atoms with van der Waals surface area (Å²) in [6, 6.07) is 0. The first-order chi connectivity index (χ1) is 5.95. The van der Waals surface area contributed by atoms with Gasteiger partial charge in [-0.25, -0.2) is 9.63 Å². The number of hydroxylamine groups is 1. The summed E-state index contributed by atoms with van der Waals surface area (Å²) in [4.78, 5) is 15.5. The second-order valence-electron chi connectivity index (χ2n) is 3.36. The highest BCUT2D eigenvalue weighted by Gasteiger charge is 2.15. The van der Waals surface area contributed by atoms with Gasteiger partial charge in [0.15, 0.2) is 6.79 Å². The van der Waals surface area contributed by atoms with Gasteiger partial charge in [-0.3, -0.25) is 0 Å². The quantitative estimate of drug-likeness (QED) is 0.415. The molecule has 0 aromatic carbocycles. The Hall–Kier alpha value is -0.810.